The summed E-state index contributed by atoms with van der Waals surface area (Å²) < 4.78 is 4.93. The van der Waals surface area contributed by atoms with Crippen molar-refractivity contribution in [2.75, 3.05) is 19.8 Å². The van der Waals surface area contributed by atoms with Gasteiger partial charge in [-0.15, -0.1) is 0 Å². The smallest absolute Gasteiger partial charge is 0.336 e. The first-order valence-electron chi connectivity index (χ1n) is 7.74. The highest BCUT2D eigenvalue weighted by Gasteiger charge is 2.52. The highest BCUT2D eigenvalue weighted by Crippen LogP contribution is 2.54. The van der Waals surface area contributed by atoms with Crippen molar-refractivity contribution in [2.45, 2.75) is 45.6 Å². The number of aliphatic hydroxyl groups is 1. The van der Waals surface area contributed by atoms with Gasteiger partial charge in [0, 0.05) is 0 Å². The Morgan fingerprint density at radius 1 is 1.21 bits per heavy atom. The number of nitrogens with zero attached hydrogens (tertiary/aromatic N) is 2. The number of carbonyl (C=O) groups excluding carboxylic acids is 3. The van der Waals surface area contributed by atoms with Gasteiger partial charge in [-0.1, -0.05) is 27.4 Å². The molecule has 0 heterocycles. The summed E-state index contributed by atoms with van der Waals surface area (Å²) in [4.78, 5) is 41.4. The van der Waals surface area contributed by atoms with Crippen molar-refractivity contribution in [3.8, 4) is 0 Å². The van der Waals surface area contributed by atoms with Gasteiger partial charge in [0.25, 0.3) is 0 Å². The predicted octanol–water partition coefficient (Wildman–Crippen LogP) is 1.70. The Bertz CT molecular complexity index is 602. The van der Waals surface area contributed by atoms with Crippen LogP contribution in [0.25, 0.3) is 0 Å². The van der Waals surface area contributed by atoms with Gasteiger partial charge in [-0.05, 0) is 30.1 Å². The van der Waals surface area contributed by atoms with Gasteiger partial charge in [0.2, 0.25) is 12.2 Å². The van der Waals surface area contributed by atoms with E-state index in [1.54, 1.807) is 6.08 Å². The molecule has 0 saturated heterocycles. The van der Waals surface area contributed by atoms with Crippen molar-refractivity contribution in [1.82, 2.24) is 0 Å². The van der Waals surface area contributed by atoms with Crippen LogP contribution in [-0.4, -0.2) is 48.5 Å². The van der Waals surface area contributed by atoms with Crippen molar-refractivity contribution in [3.05, 3.63) is 12.2 Å². The summed E-state index contributed by atoms with van der Waals surface area (Å²) in [6.45, 7) is 9.47. The summed E-state index contributed by atoms with van der Waals surface area (Å²) in [5, 5.41) is 8.80. The highest BCUT2D eigenvalue weighted by atomic mass is 16.5. The van der Waals surface area contributed by atoms with Crippen LogP contribution in [0.3, 0.4) is 0 Å². The topological polar surface area (TPSA) is 105 Å². The Morgan fingerprint density at radius 3 is 2.42 bits per heavy atom. The monoisotopic (exact) mass is 336 g/mol. The van der Waals surface area contributed by atoms with E-state index in [1.165, 1.54) is 6.08 Å². The van der Waals surface area contributed by atoms with Gasteiger partial charge in [-0.25, -0.2) is 19.4 Å². The quantitative estimate of drug-likeness (QED) is 0.330. The van der Waals surface area contributed by atoms with Crippen LogP contribution in [0.15, 0.2) is 22.1 Å². The second kappa shape index (κ2) is 7.67. The first-order valence-corrected chi connectivity index (χ1v) is 7.74. The van der Waals surface area contributed by atoms with Gasteiger partial charge in [0.05, 0.1) is 18.7 Å². The lowest BCUT2D eigenvalue weighted by Crippen LogP contribution is -2.49. The van der Waals surface area contributed by atoms with E-state index in [0.717, 1.165) is 6.42 Å². The Kier molecular flexibility index (Phi) is 6.38. The number of rotatable bonds is 7. The number of aliphatic hydroxyl groups excluding tert-OH is 1. The van der Waals surface area contributed by atoms with E-state index in [1.807, 2.05) is 20.8 Å². The average molecular weight is 336 g/mol. The molecule has 1 saturated carbocycles. The SMILES string of the molecule is C=C(C(=O)OCCO)C1(N=C=O)CC(C)(C)CC(C)(CN=C=O)C1. The summed E-state index contributed by atoms with van der Waals surface area (Å²) in [5.74, 6) is -0.706. The van der Waals surface area contributed by atoms with Crippen LogP contribution in [0.5, 0.6) is 0 Å². The molecule has 0 aliphatic heterocycles. The third-order valence-electron chi connectivity index (χ3n) is 4.31. The maximum absolute atomic E-state index is 12.2. The van der Waals surface area contributed by atoms with E-state index in [2.05, 4.69) is 16.6 Å². The number of hydrogen-bond acceptors (Lipinski definition) is 7. The minimum Gasteiger partial charge on any atom is -0.460 e. The fraction of sp³-hybridized carbons (Fsp3) is 0.706. The molecule has 1 aliphatic rings. The van der Waals surface area contributed by atoms with Crippen LogP contribution in [0, 0.1) is 10.8 Å². The molecule has 0 aromatic rings. The molecule has 1 rings (SSSR count). The first kappa shape index (κ1) is 20.0. The molecule has 24 heavy (non-hydrogen) atoms. The van der Waals surface area contributed by atoms with Crippen molar-refractivity contribution in [1.29, 1.82) is 0 Å². The lowest BCUT2D eigenvalue weighted by atomic mass is 9.56. The third-order valence-corrected chi connectivity index (χ3v) is 4.31. The predicted molar refractivity (Wildman–Crippen MR) is 86.8 cm³/mol. The van der Waals surface area contributed by atoms with Gasteiger partial charge in [-0.3, -0.25) is 0 Å². The lowest BCUT2D eigenvalue weighted by Gasteiger charge is -2.50. The zero-order valence-corrected chi connectivity index (χ0v) is 14.4. The molecule has 7 heteroatoms. The number of carbonyl (C=O) groups is 1. The molecular weight excluding hydrogens is 312 g/mol. The summed E-state index contributed by atoms with van der Waals surface area (Å²) >= 11 is 0. The second-order valence-corrected chi connectivity index (χ2v) is 7.49. The normalized spacial score (nSPS) is 28.2. The Morgan fingerprint density at radius 2 is 1.88 bits per heavy atom. The van der Waals surface area contributed by atoms with Gasteiger partial charge in [0.1, 0.15) is 12.1 Å². The van der Waals surface area contributed by atoms with Crippen molar-refractivity contribution in [2.24, 2.45) is 20.8 Å². The van der Waals surface area contributed by atoms with Crippen LogP contribution in [0.2, 0.25) is 0 Å². The Labute approximate surface area is 141 Å². The van der Waals surface area contributed by atoms with Gasteiger partial charge >= 0.3 is 5.97 Å². The molecular formula is C17H24N2O5. The van der Waals surface area contributed by atoms with E-state index in [4.69, 9.17) is 9.84 Å². The van der Waals surface area contributed by atoms with Gasteiger partial charge in [-0.2, -0.15) is 4.99 Å². The van der Waals surface area contributed by atoms with E-state index in [9.17, 15) is 14.4 Å². The second-order valence-electron chi connectivity index (χ2n) is 7.49. The molecule has 0 aromatic carbocycles. The Hall–Kier alpha value is -2.07. The number of ether oxygens (including phenoxy) is 1. The molecule has 0 aromatic heterocycles. The molecule has 132 valence electrons. The molecule has 1 N–H and O–H groups in total. The van der Waals surface area contributed by atoms with Crippen LogP contribution < -0.4 is 0 Å². The summed E-state index contributed by atoms with van der Waals surface area (Å²) in [6, 6.07) is 0. The van der Waals surface area contributed by atoms with Crippen LogP contribution in [0.4, 0.5) is 0 Å². The van der Waals surface area contributed by atoms with Crippen LogP contribution in [0.1, 0.15) is 40.0 Å². The third kappa shape index (κ3) is 4.71. The maximum Gasteiger partial charge on any atom is 0.336 e. The minimum absolute atomic E-state index is 0.0494. The molecule has 0 radical (unpaired) electrons. The molecule has 1 aliphatic carbocycles. The Balaban J connectivity index is 3.27. The molecule has 0 amide bonds. The fourth-order valence-corrected chi connectivity index (χ4v) is 4.04. The number of hydrogen-bond donors (Lipinski definition) is 1. The molecule has 2 atom stereocenters. The average Bonchev–Trinajstić information content (AvgIpc) is 2.48. The largest absolute Gasteiger partial charge is 0.460 e. The maximum atomic E-state index is 12.2. The molecule has 2 unspecified atom stereocenters. The summed E-state index contributed by atoms with van der Waals surface area (Å²) in [5.41, 5.74) is -1.84. The summed E-state index contributed by atoms with van der Waals surface area (Å²) in [6.07, 6.45) is 4.55. The standard InChI is InChI=1S/C17H24N2O5/c1-13(14(23)24-6-5-20)17(19-12-22)8-15(2,3)7-16(4,9-17)10-18-11-21/h20H,1,5-10H2,2-4H3. The van der Waals surface area contributed by atoms with E-state index < -0.39 is 16.9 Å². The fourth-order valence-electron chi connectivity index (χ4n) is 4.04. The molecule has 0 spiro atoms. The van der Waals surface area contributed by atoms with E-state index >= 15 is 0 Å². The van der Waals surface area contributed by atoms with Crippen molar-refractivity contribution >= 4 is 18.1 Å². The van der Waals surface area contributed by atoms with Crippen LogP contribution in [-0.2, 0) is 19.1 Å². The number of aliphatic imine (C=N–C) groups is 2. The van der Waals surface area contributed by atoms with Crippen molar-refractivity contribution < 1.29 is 24.2 Å². The van der Waals surface area contributed by atoms with E-state index in [0.29, 0.717) is 12.8 Å². The van der Waals surface area contributed by atoms with E-state index in [-0.39, 0.29) is 30.7 Å². The first-order chi connectivity index (χ1) is 11.1. The number of isocyanates is 2. The molecule has 1 fully saturated rings. The zero-order valence-electron chi connectivity index (χ0n) is 14.4. The minimum atomic E-state index is -1.16. The molecule has 7 nitrogen and oxygen atoms in total. The highest BCUT2D eigenvalue weighted by molar-refractivity contribution is 5.90. The molecule has 0 bridgehead atoms. The van der Waals surface area contributed by atoms with Gasteiger partial charge in [0.15, 0.2) is 0 Å². The summed E-state index contributed by atoms with van der Waals surface area (Å²) in [7, 11) is 0. The lowest BCUT2D eigenvalue weighted by molar-refractivity contribution is -0.141. The zero-order chi connectivity index (χ0) is 18.4. The van der Waals surface area contributed by atoms with Crippen LogP contribution >= 0.6 is 0 Å². The van der Waals surface area contributed by atoms with Crippen molar-refractivity contribution in [3.63, 3.8) is 0 Å². The van der Waals surface area contributed by atoms with Gasteiger partial charge < -0.3 is 9.84 Å². The number of esters is 1.